The van der Waals surface area contributed by atoms with E-state index in [1.54, 1.807) is 0 Å². The summed E-state index contributed by atoms with van der Waals surface area (Å²) in [6.07, 6.45) is 0. The Morgan fingerprint density at radius 2 is 0.676 bits per heavy atom. The van der Waals surface area contributed by atoms with E-state index < -0.39 is 7.82 Å². The van der Waals surface area contributed by atoms with Gasteiger partial charge >= 0.3 is 7.82 Å². The zero-order chi connectivity index (χ0) is 51.1. The third-order valence-corrected chi connectivity index (χ3v) is 15.1. The van der Waals surface area contributed by atoms with E-state index in [9.17, 15) is 9.46 Å². The van der Waals surface area contributed by atoms with Crippen molar-refractivity contribution < 1.29 is 18.5 Å². The number of hydrogen-bond acceptors (Lipinski definition) is 5. The number of phosphoric acid groups is 1. The summed E-state index contributed by atoms with van der Waals surface area (Å²) in [5.74, 6) is 2.21. The molecule has 0 radical (unpaired) electrons. The number of fused-ring (bicyclic) bond motifs is 7. The second-order valence-electron chi connectivity index (χ2n) is 21.3. The van der Waals surface area contributed by atoms with Crippen molar-refractivity contribution in [2.24, 2.45) is 11.5 Å². The van der Waals surface area contributed by atoms with Crippen LogP contribution in [0.4, 0.5) is 0 Å². The molecule has 0 aromatic heterocycles. The van der Waals surface area contributed by atoms with Gasteiger partial charge in [0.25, 0.3) is 0 Å². The molecule has 1 heterocycles. The van der Waals surface area contributed by atoms with Gasteiger partial charge in [-0.3, -0.25) is 4.89 Å². The van der Waals surface area contributed by atoms with E-state index >= 15 is 0 Å². The van der Waals surface area contributed by atoms with Crippen molar-refractivity contribution in [2.45, 2.75) is 131 Å². The topological polar surface area (TPSA) is 108 Å². The number of hydrogen-bond donors (Lipinski definition) is 3. The van der Waals surface area contributed by atoms with Gasteiger partial charge in [0.2, 0.25) is 0 Å². The Balaban J connectivity index is 0.000000357. The molecule has 0 aliphatic carbocycles. The van der Waals surface area contributed by atoms with Gasteiger partial charge in [-0.1, -0.05) is 217 Å². The normalized spacial score (nSPS) is 14.0. The number of nitrogens with two attached hydrogens (primary N) is 2. The summed E-state index contributed by atoms with van der Waals surface area (Å²) < 4.78 is 27.7. The molecule has 0 spiro atoms. The van der Waals surface area contributed by atoms with E-state index in [1.807, 2.05) is 72.8 Å². The Kier molecular flexibility index (Phi) is 15.2. The molecular weight excluding hydrogens is 892 g/mol. The molecule has 71 heavy (non-hydrogen) atoms. The van der Waals surface area contributed by atoms with Gasteiger partial charge in [0.15, 0.2) is 0 Å². The first-order valence-electron chi connectivity index (χ1n) is 25.6. The number of benzene rings is 8. The molecule has 0 fully saturated rings. The Hall–Kier alpha value is -6.01. The Labute approximate surface area is 423 Å². The molecule has 7 heteroatoms. The lowest BCUT2D eigenvalue weighted by molar-refractivity contribution is 0.295. The van der Waals surface area contributed by atoms with Crippen LogP contribution in [0.15, 0.2) is 146 Å². The van der Waals surface area contributed by atoms with Gasteiger partial charge < -0.3 is 20.5 Å². The summed E-state index contributed by atoms with van der Waals surface area (Å²) in [5.41, 5.74) is 27.1. The molecule has 0 bridgehead atoms. The summed E-state index contributed by atoms with van der Waals surface area (Å²) in [5, 5.41) is 3.93. The fourth-order valence-corrected chi connectivity index (χ4v) is 11.1. The van der Waals surface area contributed by atoms with Gasteiger partial charge in [-0.25, -0.2) is 4.57 Å². The summed E-state index contributed by atoms with van der Waals surface area (Å²) in [7, 11) is -4.75. The standard InChI is InChI=1S/C50H57O4P.C14H16N2/c1-27(2)35-23-39(29(5)6)45(40(24-35)30(7)8)43-21-33-17-13-15-19-37(33)47-48-38-20-16-14-18-34(38)22-44(50(48)54-55(51,52)53-49(43)47)46-41(31(9)10)25-36(28(3)4)26-42(46)32(11)12;15-13(11-7-3-1-4-8-11)14(16)12-9-5-2-6-10-12/h13-32H,1-12H3,(H,51,52);1-10,13-14H,15-16H2/t;13-,14-/m.1/s1. The van der Waals surface area contributed by atoms with Crippen LogP contribution in [-0.2, 0) is 4.57 Å². The summed E-state index contributed by atoms with van der Waals surface area (Å²) in [4.78, 5) is 12.0. The monoisotopic (exact) mass is 965 g/mol. The molecule has 2 atom stereocenters. The second kappa shape index (κ2) is 21.0. The van der Waals surface area contributed by atoms with Crippen LogP contribution in [-0.4, -0.2) is 4.89 Å². The molecule has 0 saturated heterocycles. The van der Waals surface area contributed by atoms with Gasteiger partial charge in [0.1, 0.15) is 11.5 Å². The van der Waals surface area contributed by atoms with Crippen molar-refractivity contribution in [2.75, 3.05) is 0 Å². The Morgan fingerprint density at radius 3 is 0.972 bits per heavy atom. The van der Waals surface area contributed by atoms with E-state index in [-0.39, 0.29) is 35.8 Å². The zero-order valence-electron chi connectivity index (χ0n) is 43.7. The molecule has 0 amide bonds. The fourth-order valence-electron chi connectivity index (χ4n) is 10.3. The molecule has 8 aromatic carbocycles. The quantitative estimate of drug-likeness (QED) is 0.111. The van der Waals surface area contributed by atoms with Crippen LogP contribution in [0.5, 0.6) is 11.5 Å². The van der Waals surface area contributed by atoms with Crippen LogP contribution in [0.25, 0.3) is 54.9 Å². The summed E-state index contributed by atoms with van der Waals surface area (Å²) >= 11 is 0. The predicted molar refractivity (Wildman–Crippen MR) is 300 cm³/mol. The average Bonchev–Trinajstić information content (AvgIpc) is 3.48. The van der Waals surface area contributed by atoms with Crippen molar-refractivity contribution in [3.8, 4) is 44.9 Å². The zero-order valence-corrected chi connectivity index (χ0v) is 44.6. The summed E-state index contributed by atoms with van der Waals surface area (Å²) in [6.45, 7) is 26.8. The number of phosphoric ester groups is 1. The van der Waals surface area contributed by atoms with Gasteiger partial charge in [-0.2, -0.15) is 0 Å². The van der Waals surface area contributed by atoms with Crippen LogP contribution in [0, 0.1) is 0 Å². The highest BCUT2D eigenvalue weighted by Gasteiger charge is 2.39. The highest BCUT2D eigenvalue weighted by Crippen LogP contribution is 2.63. The maximum Gasteiger partial charge on any atom is 0.584 e. The fraction of sp³-hybridized carbons (Fsp3) is 0.312. The maximum absolute atomic E-state index is 14.7. The van der Waals surface area contributed by atoms with Gasteiger partial charge in [-0.15, -0.1) is 0 Å². The van der Waals surface area contributed by atoms with Crippen LogP contribution in [0.2, 0.25) is 0 Å². The second-order valence-corrected chi connectivity index (χ2v) is 22.6. The van der Waals surface area contributed by atoms with E-state index in [0.29, 0.717) is 23.3 Å². The highest BCUT2D eigenvalue weighted by molar-refractivity contribution is 7.48. The van der Waals surface area contributed by atoms with Gasteiger partial charge in [0, 0.05) is 34.3 Å². The lowest BCUT2D eigenvalue weighted by atomic mass is 9.78. The molecule has 5 N–H and O–H groups in total. The average molecular weight is 965 g/mol. The molecule has 8 aromatic rings. The van der Waals surface area contributed by atoms with Crippen molar-refractivity contribution in [3.05, 3.63) is 190 Å². The summed E-state index contributed by atoms with van der Waals surface area (Å²) in [6, 6.07) is 49.9. The molecule has 368 valence electrons. The Morgan fingerprint density at radius 1 is 0.380 bits per heavy atom. The van der Waals surface area contributed by atoms with Crippen molar-refractivity contribution in [3.63, 3.8) is 0 Å². The first-order chi connectivity index (χ1) is 33.8. The van der Waals surface area contributed by atoms with Gasteiger partial charge in [-0.05, 0) is 125 Å². The third-order valence-electron chi connectivity index (χ3n) is 14.2. The van der Waals surface area contributed by atoms with E-state index in [1.165, 1.54) is 33.4 Å². The van der Waals surface area contributed by atoms with E-state index in [0.717, 1.165) is 66.1 Å². The van der Waals surface area contributed by atoms with Crippen molar-refractivity contribution in [1.82, 2.24) is 0 Å². The van der Waals surface area contributed by atoms with Crippen LogP contribution in [0.3, 0.4) is 0 Å². The van der Waals surface area contributed by atoms with E-state index in [2.05, 4.69) is 156 Å². The third kappa shape index (κ3) is 10.4. The lowest BCUT2D eigenvalue weighted by Crippen LogP contribution is -2.26. The molecule has 1 aliphatic heterocycles. The minimum Gasteiger partial charge on any atom is -0.394 e. The first kappa shape index (κ1) is 51.3. The van der Waals surface area contributed by atoms with Gasteiger partial charge in [0.05, 0.1) is 0 Å². The van der Waals surface area contributed by atoms with Crippen LogP contribution >= 0.6 is 7.82 Å². The SMILES string of the molecule is CC(C)c1cc(C(C)C)c(-c2cc3ccccc3c3c2OP(=O)(O)Oc2c(-c4c(C(C)C)cc(C(C)C)cc4C(C)C)cc4ccccc4c2-3)c(C(C)C)c1.N[C@H](c1ccccc1)[C@H](N)c1ccccc1. The minimum atomic E-state index is -4.75. The molecule has 0 saturated carbocycles. The first-order valence-corrected chi connectivity index (χ1v) is 27.1. The van der Waals surface area contributed by atoms with E-state index in [4.69, 9.17) is 20.5 Å². The predicted octanol–water partition coefficient (Wildman–Crippen LogP) is 18.0. The van der Waals surface area contributed by atoms with Crippen LogP contribution in [0.1, 0.15) is 175 Å². The molecular formula is C64H73N2O4P. The molecule has 0 unspecified atom stereocenters. The molecule has 1 aliphatic rings. The lowest BCUT2D eigenvalue weighted by Gasteiger charge is -2.26. The highest BCUT2D eigenvalue weighted by atomic mass is 31.2. The van der Waals surface area contributed by atoms with Crippen molar-refractivity contribution in [1.29, 1.82) is 0 Å². The largest absolute Gasteiger partial charge is 0.584 e. The minimum absolute atomic E-state index is 0.163. The molecule has 6 nitrogen and oxygen atoms in total. The Bertz CT molecular complexity index is 2970. The number of rotatable bonds is 11. The van der Waals surface area contributed by atoms with Crippen LogP contribution < -0.4 is 20.5 Å². The smallest absolute Gasteiger partial charge is 0.394 e. The molecule has 9 rings (SSSR count). The van der Waals surface area contributed by atoms with Crippen molar-refractivity contribution >= 4 is 29.4 Å². The maximum atomic E-state index is 14.7.